The molecule has 0 fully saturated rings. The van der Waals surface area contributed by atoms with E-state index in [1.807, 2.05) is 78.2 Å². The summed E-state index contributed by atoms with van der Waals surface area (Å²) in [7, 11) is 0. The quantitative estimate of drug-likeness (QED) is 0.198. The van der Waals surface area contributed by atoms with Crippen LogP contribution in [0.2, 0.25) is 0 Å². The second-order valence-electron chi connectivity index (χ2n) is 7.51. The fourth-order valence-electron chi connectivity index (χ4n) is 4.00. The largest absolute Gasteiger partial charge is 0.305 e. The van der Waals surface area contributed by atoms with Crippen LogP contribution in [0.3, 0.4) is 0 Å². The number of hydrogen-bond acceptors (Lipinski definition) is 3. The monoisotopic (exact) mass is 611 g/mol. The van der Waals surface area contributed by atoms with Gasteiger partial charge in [-0.1, -0.05) is 29.7 Å². The summed E-state index contributed by atoms with van der Waals surface area (Å²) in [4.78, 5) is 10.3. The molecule has 0 aliphatic heterocycles. The number of fused-ring (bicyclic) bond motifs is 3. The Kier molecular flexibility index (Phi) is 7.59. The van der Waals surface area contributed by atoms with Gasteiger partial charge in [0.15, 0.2) is 0 Å². The molecule has 0 unspecified atom stereocenters. The van der Waals surface area contributed by atoms with Crippen molar-refractivity contribution in [2.24, 2.45) is 0 Å². The minimum absolute atomic E-state index is 0. The Balaban J connectivity index is 0.000000164. The third kappa shape index (κ3) is 4.88. The van der Waals surface area contributed by atoms with E-state index in [1.54, 1.807) is 16.6 Å². The van der Waals surface area contributed by atoms with Crippen molar-refractivity contribution in [3.8, 4) is 22.5 Å². The molecule has 3 heterocycles. The van der Waals surface area contributed by atoms with Gasteiger partial charge in [-0.05, 0) is 64.3 Å². The van der Waals surface area contributed by atoms with Crippen LogP contribution in [-0.4, -0.2) is 9.97 Å². The van der Waals surface area contributed by atoms with E-state index in [4.69, 9.17) is 0 Å². The van der Waals surface area contributed by atoms with Crippen molar-refractivity contribution >= 4 is 21.4 Å². The molecule has 0 bridgehead atoms. The minimum Gasteiger partial charge on any atom is -0.305 e. The topological polar surface area (TPSA) is 25.8 Å². The van der Waals surface area contributed by atoms with E-state index >= 15 is 0 Å². The predicted molar refractivity (Wildman–Crippen MR) is 129 cm³/mol. The Morgan fingerprint density at radius 3 is 2.19 bits per heavy atom. The number of thiophene rings is 1. The van der Waals surface area contributed by atoms with Crippen LogP contribution < -0.4 is 0 Å². The number of rotatable bonds is 2. The van der Waals surface area contributed by atoms with E-state index < -0.39 is 0 Å². The molecule has 0 saturated carbocycles. The molecular weight excluding hydrogens is 589 g/mol. The summed E-state index contributed by atoms with van der Waals surface area (Å²) in [5, 5.41) is 1.43. The number of aryl methyl sites for hydroxylation is 2. The maximum absolute atomic E-state index is 4.48. The van der Waals surface area contributed by atoms with Crippen molar-refractivity contribution in [1.29, 1.82) is 0 Å². The van der Waals surface area contributed by atoms with E-state index in [-0.39, 0.29) is 20.1 Å². The molecule has 0 saturated heterocycles. The molecule has 0 amide bonds. The summed E-state index contributed by atoms with van der Waals surface area (Å²) in [5.41, 5.74) is 5.79. The van der Waals surface area contributed by atoms with Crippen LogP contribution in [0, 0.1) is 12.1 Å². The standard InChI is InChI=1S/C17H14NS.C11H8N.Ir/c1-2-10-16-12(6-1)13-7-5-8-14(17(13)19-16)15-9-3-4-11-18-15;1-2-6-10(7-3-1)11-8-4-5-9-12-11;/h3-5,7,9,11H,1-2,6,10H2;1-6,8-9H;/q2*-1;. The molecule has 6 rings (SSSR count). The van der Waals surface area contributed by atoms with Crippen LogP contribution in [0.25, 0.3) is 32.6 Å². The molecule has 0 N–H and O–H groups in total. The first kappa shape index (κ1) is 22.5. The first-order valence-electron chi connectivity index (χ1n) is 10.6. The molecule has 32 heavy (non-hydrogen) atoms. The van der Waals surface area contributed by atoms with E-state index in [0.29, 0.717) is 0 Å². The first-order valence-corrected chi connectivity index (χ1v) is 11.5. The van der Waals surface area contributed by atoms with Crippen LogP contribution >= 0.6 is 11.3 Å². The summed E-state index contributed by atoms with van der Waals surface area (Å²) in [6, 6.07) is 30.6. The Labute approximate surface area is 206 Å². The Morgan fingerprint density at radius 1 is 0.719 bits per heavy atom. The first-order chi connectivity index (χ1) is 15.4. The summed E-state index contributed by atoms with van der Waals surface area (Å²) in [6.07, 6.45) is 8.79. The van der Waals surface area contributed by atoms with Gasteiger partial charge in [0.2, 0.25) is 0 Å². The molecule has 5 aromatic rings. The van der Waals surface area contributed by atoms with Crippen LogP contribution in [-0.2, 0) is 32.9 Å². The molecular formula is C28H22IrN2S-2. The van der Waals surface area contributed by atoms with E-state index in [2.05, 4.69) is 34.2 Å². The van der Waals surface area contributed by atoms with Gasteiger partial charge in [-0.2, -0.15) is 11.3 Å². The maximum Gasteiger partial charge on any atom is 0.0160 e. The van der Waals surface area contributed by atoms with Crippen LogP contribution in [0.5, 0.6) is 0 Å². The van der Waals surface area contributed by atoms with Crippen LogP contribution in [0.1, 0.15) is 23.3 Å². The van der Waals surface area contributed by atoms with Gasteiger partial charge in [0, 0.05) is 32.5 Å². The van der Waals surface area contributed by atoms with Gasteiger partial charge in [0.1, 0.15) is 0 Å². The predicted octanol–water partition coefficient (Wildman–Crippen LogP) is 7.19. The Bertz CT molecular complexity index is 1230. The zero-order valence-electron chi connectivity index (χ0n) is 17.5. The molecule has 1 radical (unpaired) electrons. The van der Waals surface area contributed by atoms with Crippen molar-refractivity contribution in [1.82, 2.24) is 9.97 Å². The second-order valence-corrected chi connectivity index (χ2v) is 8.62. The van der Waals surface area contributed by atoms with Crippen LogP contribution in [0.4, 0.5) is 0 Å². The Morgan fingerprint density at radius 2 is 1.47 bits per heavy atom. The number of nitrogens with zero attached hydrogens (tertiary/aromatic N) is 2. The molecule has 0 spiro atoms. The fourth-order valence-corrected chi connectivity index (χ4v) is 5.40. The van der Waals surface area contributed by atoms with E-state index in [9.17, 15) is 0 Å². The molecule has 1 aliphatic rings. The zero-order valence-corrected chi connectivity index (χ0v) is 20.8. The average Bonchev–Trinajstić information content (AvgIpc) is 3.25. The van der Waals surface area contributed by atoms with Crippen molar-refractivity contribution < 1.29 is 20.1 Å². The van der Waals surface area contributed by atoms with E-state index in [0.717, 1.165) is 22.5 Å². The number of hydrogen-bond donors (Lipinski definition) is 0. The fraction of sp³-hybridized carbons (Fsp3) is 0.143. The third-order valence-corrected chi connectivity index (χ3v) is 6.81. The minimum atomic E-state index is 0. The summed E-state index contributed by atoms with van der Waals surface area (Å²) >= 11 is 1.95. The zero-order chi connectivity index (χ0) is 20.9. The van der Waals surface area contributed by atoms with Crippen molar-refractivity contribution in [3.63, 3.8) is 0 Å². The SMILES string of the molecule is [Ir].[c-]1ccc2c3c(sc2c1-c1ccccn1)CCCC3.[c-]1ccccc1-c1ccccn1. The third-order valence-electron chi connectivity index (χ3n) is 5.49. The molecule has 161 valence electrons. The normalized spacial score (nSPS) is 12.2. The van der Waals surface area contributed by atoms with Crippen LogP contribution in [0.15, 0.2) is 85.2 Å². The van der Waals surface area contributed by atoms with Gasteiger partial charge < -0.3 is 9.97 Å². The summed E-state index contributed by atoms with van der Waals surface area (Å²) in [5.74, 6) is 0. The van der Waals surface area contributed by atoms with Gasteiger partial charge in [0.05, 0.1) is 0 Å². The number of benzene rings is 2. The molecule has 2 nitrogen and oxygen atoms in total. The van der Waals surface area contributed by atoms with E-state index in [1.165, 1.54) is 35.8 Å². The molecule has 0 atom stereocenters. The van der Waals surface area contributed by atoms with Gasteiger partial charge in [0.25, 0.3) is 0 Å². The van der Waals surface area contributed by atoms with Crippen molar-refractivity contribution in [2.45, 2.75) is 25.7 Å². The number of pyridine rings is 2. The summed E-state index contributed by atoms with van der Waals surface area (Å²) in [6.45, 7) is 0. The van der Waals surface area contributed by atoms with Gasteiger partial charge in [-0.25, -0.2) is 0 Å². The summed E-state index contributed by atoms with van der Waals surface area (Å²) < 4.78 is 1.37. The van der Waals surface area contributed by atoms with Crippen molar-refractivity contribution in [3.05, 3.63) is 108 Å². The second kappa shape index (κ2) is 10.8. The Hall–Kier alpha value is -2.65. The smallest absolute Gasteiger partial charge is 0.0160 e. The van der Waals surface area contributed by atoms with Gasteiger partial charge in [-0.15, -0.1) is 59.7 Å². The number of aromatic nitrogens is 2. The molecule has 4 heteroatoms. The molecule has 1 aliphatic carbocycles. The molecule has 3 aromatic heterocycles. The maximum atomic E-state index is 4.48. The molecule has 2 aromatic carbocycles. The van der Waals surface area contributed by atoms with Crippen molar-refractivity contribution in [2.75, 3.05) is 0 Å². The van der Waals surface area contributed by atoms with Gasteiger partial charge >= 0.3 is 0 Å². The average molecular weight is 611 g/mol. The van der Waals surface area contributed by atoms with Gasteiger partial charge in [-0.3, -0.25) is 0 Å².